The zero-order valence-electron chi connectivity index (χ0n) is 13.1. The molecule has 1 heterocycles. The average Bonchev–Trinajstić information content (AvgIpc) is 2.89. The third-order valence-corrected chi connectivity index (χ3v) is 3.70. The third kappa shape index (κ3) is 4.18. The molecule has 22 heavy (non-hydrogen) atoms. The van der Waals surface area contributed by atoms with Crippen molar-refractivity contribution in [2.24, 2.45) is 0 Å². The number of aliphatic carboxylic acids is 1. The van der Waals surface area contributed by atoms with E-state index in [1.165, 1.54) is 0 Å². The van der Waals surface area contributed by atoms with Gasteiger partial charge in [0, 0.05) is 18.3 Å². The maximum Gasteiger partial charge on any atom is 0.320 e. The maximum atomic E-state index is 11.3. The Morgan fingerprint density at radius 3 is 2.73 bits per heavy atom. The summed E-state index contributed by atoms with van der Waals surface area (Å²) in [6, 6.07) is 9.38. The Kier molecular flexibility index (Phi) is 5.72. The van der Waals surface area contributed by atoms with Gasteiger partial charge in [0.05, 0.1) is 11.4 Å². The second-order valence-electron chi connectivity index (χ2n) is 5.43. The minimum Gasteiger partial charge on any atom is -0.480 e. The maximum absolute atomic E-state index is 11.3. The van der Waals surface area contributed by atoms with E-state index < -0.39 is 12.0 Å². The zero-order chi connectivity index (χ0) is 15.9. The molecule has 0 radical (unpaired) electrons. The normalized spacial score (nSPS) is 12.3. The Morgan fingerprint density at radius 2 is 2.09 bits per heavy atom. The van der Waals surface area contributed by atoms with Crippen LogP contribution in [0, 0.1) is 6.92 Å². The van der Waals surface area contributed by atoms with Crippen LogP contribution in [0.15, 0.2) is 36.5 Å². The quantitative estimate of drug-likeness (QED) is 0.786. The first-order valence-electron chi connectivity index (χ1n) is 7.68. The van der Waals surface area contributed by atoms with Crippen LogP contribution in [0.4, 0.5) is 0 Å². The number of carboxylic acids is 1. The molecule has 0 amide bonds. The molecule has 0 fully saturated rings. The smallest absolute Gasteiger partial charge is 0.320 e. The molecule has 5 heteroatoms. The molecule has 0 aliphatic rings. The van der Waals surface area contributed by atoms with Gasteiger partial charge in [-0.05, 0) is 25.5 Å². The average molecular weight is 301 g/mol. The second kappa shape index (κ2) is 7.75. The van der Waals surface area contributed by atoms with Gasteiger partial charge in [0.1, 0.15) is 6.04 Å². The molecule has 2 N–H and O–H groups in total. The summed E-state index contributed by atoms with van der Waals surface area (Å²) in [7, 11) is 0. The summed E-state index contributed by atoms with van der Waals surface area (Å²) >= 11 is 0. The largest absolute Gasteiger partial charge is 0.480 e. The molecule has 118 valence electrons. The lowest BCUT2D eigenvalue weighted by Crippen LogP contribution is -2.36. The first kappa shape index (κ1) is 16.2. The predicted octanol–water partition coefficient (Wildman–Crippen LogP) is 2.91. The Bertz CT molecular complexity index is 608. The third-order valence-electron chi connectivity index (χ3n) is 3.70. The molecule has 0 aliphatic carbocycles. The van der Waals surface area contributed by atoms with Crippen molar-refractivity contribution in [2.75, 3.05) is 0 Å². The summed E-state index contributed by atoms with van der Waals surface area (Å²) < 4.78 is 1.83. The molecule has 0 saturated carbocycles. The number of hydrogen-bond donors (Lipinski definition) is 2. The standard InChI is InChI=1S/C17H23N3O2/c1-3-4-10-16(17(21)22)18-11-14-12-20(19-13(14)2)15-8-6-5-7-9-15/h5-9,12,16,18H,3-4,10-11H2,1-2H3,(H,21,22). The summed E-state index contributed by atoms with van der Waals surface area (Å²) in [5.41, 5.74) is 2.93. The van der Waals surface area contributed by atoms with Gasteiger partial charge in [-0.15, -0.1) is 0 Å². The van der Waals surface area contributed by atoms with E-state index >= 15 is 0 Å². The number of carbonyl (C=O) groups is 1. The molecule has 5 nitrogen and oxygen atoms in total. The van der Waals surface area contributed by atoms with Gasteiger partial charge in [-0.25, -0.2) is 4.68 Å². The number of nitrogens with one attached hydrogen (secondary N) is 1. The summed E-state index contributed by atoms with van der Waals surface area (Å²) in [5.74, 6) is -0.790. The van der Waals surface area contributed by atoms with Crippen LogP contribution < -0.4 is 5.32 Å². The highest BCUT2D eigenvalue weighted by atomic mass is 16.4. The zero-order valence-corrected chi connectivity index (χ0v) is 13.1. The van der Waals surface area contributed by atoms with E-state index in [-0.39, 0.29) is 0 Å². The monoisotopic (exact) mass is 301 g/mol. The fourth-order valence-electron chi connectivity index (χ4n) is 2.34. The number of rotatable bonds is 8. The Balaban J connectivity index is 2.04. The van der Waals surface area contributed by atoms with Crippen molar-refractivity contribution >= 4 is 5.97 Å². The van der Waals surface area contributed by atoms with Crippen molar-refractivity contribution in [3.63, 3.8) is 0 Å². The van der Waals surface area contributed by atoms with E-state index in [4.69, 9.17) is 0 Å². The van der Waals surface area contributed by atoms with E-state index in [0.717, 1.165) is 29.8 Å². The minimum absolute atomic E-state index is 0.501. The number of unbranched alkanes of at least 4 members (excludes halogenated alkanes) is 1. The van der Waals surface area contributed by atoms with E-state index in [2.05, 4.69) is 17.3 Å². The van der Waals surface area contributed by atoms with Gasteiger partial charge in [-0.3, -0.25) is 4.79 Å². The van der Waals surface area contributed by atoms with Gasteiger partial charge < -0.3 is 10.4 Å². The Morgan fingerprint density at radius 1 is 1.36 bits per heavy atom. The molecule has 2 aromatic rings. The van der Waals surface area contributed by atoms with Crippen molar-refractivity contribution in [2.45, 2.75) is 45.7 Å². The van der Waals surface area contributed by atoms with E-state index in [9.17, 15) is 9.90 Å². The van der Waals surface area contributed by atoms with Gasteiger partial charge in [-0.1, -0.05) is 38.0 Å². The summed E-state index contributed by atoms with van der Waals surface area (Å²) in [6.45, 7) is 4.52. The number of para-hydroxylation sites is 1. The molecule has 0 aliphatic heterocycles. The van der Waals surface area contributed by atoms with Crippen LogP contribution in [0.5, 0.6) is 0 Å². The first-order chi connectivity index (χ1) is 10.6. The summed E-state index contributed by atoms with van der Waals surface area (Å²) in [5, 5.41) is 16.9. The van der Waals surface area contributed by atoms with E-state index in [1.54, 1.807) is 0 Å². The van der Waals surface area contributed by atoms with Crippen molar-refractivity contribution < 1.29 is 9.90 Å². The number of aryl methyl sites for hydroxylation is 1. The minimum atomic E-state index is -0.790. The fourth-order valence-corrected chi connectivity index (χ4v) is 2.34. The molecular formula is C17H23N3O2. The van der Waals surface area contributed by atoms with Gasteiger partial charge in [0.2, 0.25) is 0 Å². The van der Waals surface area contributed by atoms with Crippen LogP contribution in [0.3, 0.4) is 0 Å². The van der Waals surface area contributed by atoms with Gasteiger partial charge >= 0.3 is 5.97 Å². The van der Waals surface area contributed by atoms with Gasteiger partial charge in [0.15, 0.2) is 0 Å². The van der Waals surface area contributed by atoms with Crippen LogP contribution >= 0.6 is 0 Å². The molecule has 0 saturated heterocycles. The van der Waals surface area contributed by atoms with Gasteiger partial charge in [-0.2, -0.15) is 5.10 Å². The molecule has 2 rings (SSSR count). The number of hydrogen-bond acceptors (Lipinski definition) is 3. The lowest BCUT2D eigenvalue weighted by atomic mass is 10.1. The van der Waals surface area contributed by atoms with Crippen molar-refractivity contribution in [1.82, 2.24) is 15.1 Å². The SMILES string of the molecule is CCCCC(NCc1cn(-c2ccccc2)nc1C)C(=O)O. The Hall–Kier alpha value is -2.14. The van der Waals surface area contributed by atoms with Crippen LogP contribution in [0.1, 0.15) is 37.4 Å². The van der Waals surface area contributed by atoms with Crippen LogP contribution in [0.2, 0.25) is 0 Å². The molecular weight excluding hydrogens is 278 g/mol. The molecule has 1 unspecified atom stereocenters. The predicted molar refractivity (Wildman–Crippen MR) is 86.1 cm³/mol. The molecule has 1 aromatic carbocycles. The molecule has 0 bridgehead atoms. The van der Waals surface area contributed by atoms with Crippen LogP contribution in [-0.4, -0.2) is 26.9 Å². The highest BCUT2D eigenvalue weighted by molar-refractivity contribution is 5.73. The lowest BCUT2D eigenvalue weighted by Gasteiger charge is -2.13. The van der Waals surface area contributed by atoms with Crippen molar-refractivity contribution in [1.29, 1.82) is 0 Å². The highest BCUT2D eigenvalue weighted by Crippen LogP contribution is 2.12. The van der Waals surface area contributed by atoms with Crippen molar-refractivity contribution in [3.05, 3.63) is 47.8 Å². The fraction of sp³-hybridized carbons (Fsp3) is 0.412. The van der Waals surface area contributed by atoms with Gasteiger partial charge in [0.25, 0.3) is 0 Å². The summed E-state index contributed by atoms with van der Waals surface area (Å²) in [4.78, 5) is 11.3. The Labute approximate surface area is 131 Å². The molecule has 1 aromatic heterocycles. The van der Waals surface area contributed by atoms with Crippen LogP contribution in [0.25, 0.3) is 5.69 Å². The number of nitrogens with zero attached hydrogens (tertiary/aromatic N) is 2. The second-order valence-corrected chi connectivity index (χ2v) is 5.43. The number of aromatic nitrogens is 2. The highest BCUT2D eigenvalue weighted by Gasteiger charge is 2.17. The van der Waals surface area contributed by atoms with Crippen LogP contribution in [-0.2, 0) is 11.3 Å². The topological polar surface area (TPSA) is 67.2 Å². The van der Waals surface area contributed by atoms with E-state index in [0.29, 0.717) is 13.0 Å². The first-order valence-corrected chi connectivity index (χ1v) is 7.68. The molecule has 1 atom stereocenters. The lowest BCUT2D eigenvalue weighted by molar-refractivity contribution is -0.139. The number of benzene rings is 1. The summed E-state index contributed by atoms with van der Waals surface area (Å²) in [6.07, 6.45) is 4.51. The van der Waals surface area contributed by atoms with Crippen molar-refractivity contribution in [3.8, 4) is 5.69 Å². The number of carboxylic acid groups (broad SMARTS) is 1. The molecule has 0 spiro atoms. The van der Waals surface area contributed by atoms with E-state index in [1.807, 2.05) is 48.1 Å².